The maximum Gasteiger partial charge on any atom is 0.126 e. The Labute approximate surface area is 136 Å². The Morgan fingerprint density at radius 2 is 1.50 bits per heavy atom. The number of benzene rings is 2. The van der Waals surface area contributed by atoms with Crippen LogP contribution in [0.4, 0.5) is 0 Å². The van der Waals surface area contributed by atoms with Crippen LogP contribution in [0.25, 0.3) is 0 Å². The number of rotatable bonds is 5. The predicted octanol–water partition coefficient (Wildman–Crippen LogP) is 5.15. The third-order valence-corrected chi connectivity index (χ3v) is 4.42. The summed E-state index contributed by atoms with van der Waals surface area (Å²) in [6.45, 7) is 0. The number of ether oxygens (including phenoxy) is 2. The molecule has 0 fully saturated rings. The van der Waals surface area contributed by atoms with Gasteiger partial charge in [-0.3, -0.25) is 0 Å². The highest BCUT2D eigenvalue weighted by Gasteiger charge is 2.18. The van der Waals surface area contributed by atoms with Crippen molar-refractivity contribution in [1.82, 2.24) is 0 Å². The lowest BCUT2D eigenvalue weighted by atomic mass is 10.0. The second kappa shape index (κ2) is 7.14. The Morgan fingerprint density at radius 1 is 0.950 bits per heavy atom. The average Bonchev–Trinajstić information content (AvgIpc) is 2.48. The first-order valence-corrected chi connectivity index (χ1v) is 7.96. The zero-order valence-electron chi connectivity index (χ0n) is 11.4. The molecule has 1 unspecified atom stereocenters. The minimum absolute atomic E-state index is 0.134. The first-order valence-electron chi connectivity index (χ1n) is 6.25. The van der Waals surface area contributed by atoms with Crippen molar-refractivity contribution >= 4 is 31.9 Å². The monoisotopic (exact) mass is 398 g/mol. The molecule has 106 valence electrons. The Bertz CT molecular complexity index is 545. The normalized spacial score (nSPS) is 12.0. The molecule has 0 spiro atoms. The average molecular weight is 400 g/mol. The van der Waals surface area contributed by atoms with Gasteiger partial charge in [0.1, 0.15) is 11.5 Å². The van der Waals surface area contributed by atoms with Crippen LogP contribution in [-0.2, 0) is 6.42 Å². The fourth-order valence-corrected chi connectivity index (χ4v) is 3.21. The van der Waals surface area contributed by atoms with Gasteiger partial charge >= 0.3 is 0 Å². The van der Waals surface area contributed by atoms with Crippen LogP contribution in [0.1, 0.15) is 16.0 Å². The lowest BCUT2D eigenvalue weighted by Gasteiger charge is -2.17. The standard InChI is InChI=1S/C16H16Br2O2/c1-19-14-4-3-5-15(20-2)16(14)13(18)10-11-6-8-12(17)9-7-11/h3-9,13H,10H2,1-2H3. The minimum atomic E-state index is 0.134. The predicted molar refractivity (Wildman–Crippen MR) is 89.1 cm³/mol. The summed E-state index contributed by atoms with van der Waals surface area (Å²) in [6.07, 6.45) is 0.865. The largest absolute Gasteiger partial charge is 0.496 e. The zero-order chi connectivity index (χ0) is 14.5. The molecule has 0 N–H and O–H groups in total. The van der Waals surface area contributed by atoms with E-state index >= 15 is 0 Å². The van der Waals surface area contributed by atoms with Crippen LogP contribution in [0, 0.1) is 0 Å². The lowest BCUT2D eigenvalue weighted by molar-refractivity contribution is 0.385. The summed E-state index contributed by atoms with van der Waals surface area (Å²) in [7, 11) is 3.36. The van der Waals surface area contributed by atoms with Gasteiger partial charge in [0, 0.05) is 4.47 Å². The van der Waals surface area contributed by atoms with Gasteiger partial charge in [-0.05, 0) is 36.2 Å². The number of hydrogen-bond donors (Lipinski definition) is 0. The fourth-order valence-electron chi connectivity index (χ4n) is 2.12. The molecule has 0 bridgehead atoms. The van der Waals surface area contributed by atoms with Gasteiger partial charge in [0.15, 0.2) is 0 Å². The smallest absolute Gasteiger partial charge is 0.126 e. The number of alkyl halides is 1. The van der Waals surface area contributed by atoms with Crippen molar-refractivity contribution in [2.75, 3.05) is 14.2 Å². The van der Waals surface area contributed by atoms with E-state index in [0.717, 1.165) is 28.0 Å². The Kier molecular flexibility index (Phi) is 5.49. The second-order valence-electron chi connectivity index (χ2n) is 4.37. The fraction of sp³-hybridized carbons (Fsp3) is 0.250. The first-order chi connectivity index (χ1) is 9.65. The van der Waals surface area contributed by atoms with Crippen molar-refractivity contribution in [3.8, 4) is 11.5 Å². The van der Waals surface area contributed by atoms with Gasteiger partial charge in [0.05, 0.1) is 24.6 Å². The van der Waals surface area contributed by atoms with Gasteiger partial charge in [-0.1, -0.05) is 50.1 Å². The van der Waals surface area contributed by atoms with Gasteiger partial charge < -0.3 is 9.47 Å². The number of methoxy groups -OCH3 is 2. The topological polar surface area (TPSA) is 18.5 Å². The molecule has 2 nitrogen and oxygen atoms in total. The SMILES string of the molecule is COc1cccc(OC)c1C(Br)Cc1ccc(Br)cc1. The van der Waals surface area contributed by atoms with Crippen LogP contribution < -0.4 is 9.47 Å². The summed E-state index contributed by atoms with van der Waals surface area (Å²) >= 11 is 7.20. The molecule has 2 aromatic carbocycles. The molecule has 0 aliphatic rings. The van der Waals surface area contributed by atoms with E-state index in [2.05, 4.69) is 56.1 Å². The Morgan fingerprint density at radius 3 is 2.00 bits per heavy atom. The first kappa shape index (κ1) is 15.4. The maximum absolute atomic E-state index is 5.45. The molecule has 0 radical (unpaired) electrons. The Balaban J connectivity index is 2.28. The van der Waals surface area contributed by atoms with E-state index in [4.69, 9.17) is 9.47 Å². The van der Waals surface area contributed by atoms with E-state index in [-0.39, 0.29) is 4.83 Å². The highest BCUT2D eigenvalue weighted by atomic mass is 79.9. The molecule has 0 amide bonds. The molecule has 2 rings (SSSR count). The number of hydrogen-bond acceptors (Lipinski definition) is 2. The van der Waals surface area contributed by atoms with Crippen molar-refractivity contribution in [3.63, 3.8) is 0 Å². The molecule has 0 aromatic heterocycles. The van der Waals surface area contributed by atoms with Crippen molar-refractivity contribution in [2.24, 2.45) is 0 Å². The molecule has 0 heterocycles. The third kappa shape index (κ3) is 3.55. The van der Waals surface area contributed by atoms with E-state index in [0.29, 0.717) is 0 Å². The summed E-state index contributed by atoms with van der Waals surface area (Å²) in [5.41, 5.74) is 2.29. The molecule has 0 saturated carbocycles. The van der Waals surface area contributed by atoms with E-state index in [1.165, 1.54) is 5.56 Å². The molecular weight excluding hydrogens is 384 g/mol. The molecule has 1 atom stereocenters. The molecule has 2 aromatic rings. The van der Waals surface area contributed by atoms with E-state index < -0.39 is 0 Å². The zero-order valence-corrected chi connectivity index (χ0v) is 14.6. The van der Waals surface area contributed by atoms with Crippen LogP contribution in [-0.4, -0.2) is 14.2 Å². The molecular formula is C16H16Br2O2. The molecule has 0 saturated heterocycles. The van der Waals surface area contributed by atoms with Crippen LogP contribution >= 0.6 is 31.9 Å². The van der Waals surface area contributed by atoms with Gasteiger partial charge in [-0.25, -0.2) is 0 Å². The quantitative estimate of drug-likeness (QED) is 0.647. The van der Waals surface area contributed by atoms with Gasteiger partial charge in [0.25, 0.3) is 0 Å². The molecule has 4 heteroatoms. The van der Waals surface area contributed by atoms with Crippen molar-refractivity contribution in [1.29, 1.82) is 0 Å². The van der Waals surface area contributed by atoms with Crippen LogP contribution in [0.2, 0.25) is 0 Å². The van der Waals surface area contributed by atoms with Gasteiger partial charge in [0.2, 0.25) is 0 Å². The molecule has 20 heavy (non-hydrogen) atoms. The summed E-state index contributed by atoms with van der Waals surface area (Å²) in [5.74, 6) is 1.67. The van der Waals surface area contributed by atoms with E-state index in [9.17, 15) is 0 Å². The summed E-state index contributed by atoms with van der Waals surface area (Å²) in [4.78, 5) is 0.134. The molecule has 0 aliphatic carbocycles. The van der Waals surface area contributed by atoms with Gasteiger partial charge in [-0.15, -0.1) is 0 Å². The number of halogens is 2. The summed E-state index contributed by atoms with van der Waals surface area (Å²) in [5, 5.41) is 0. The third-order valence-electron chi connectivity index (χ3n) is 3.11. The maximum atomic E-state index is 5.45. The summed E-state index contributed by atoms with van der Waals surface area (Å²) < 4.78 is 12.0. The van der Waals surface area contributed by atoms with Crippen LogP contribution in [0.3, 0.4) is 0 Å². The molecule has 0 aliphatic heterocycles. The van der Waals surface area contributed by atoms with Gasteiger partial charge in [-0.2, -0.15) is 0 Å². The lowest BCUT2D eigenvalue weighted by Crippen LogP contribution is -2.02. The van der Waals surface area contributed by atoms with Crippen molar-refractivity contribution in [2.45, 2.75) is 11.2 Å². The van der Waals surface area contributed by atoms with E-state index in [1.54, 1.807) is 14.2 Å². The summed E-state index contributed by atoms with van der Waals surface area (Å²) in [6, 6.07) is 14.2. The Hall–Kier alpha value is -1.00. The van der Waals surface area contributed by atoms with E-state index in [1.807, 2.05) is 18.2 Å². The van der Waals surface area contributed by atoms with Crippen molar-refractivity contribution in [3.05, 3.63) is 58.1 Å². The van der Waals surface area contributed by atoms with Crippen LogP contribution in [0.5, 0.6) is 11.5 Å². The highest BCUT2D eigenvalue weighted by Crippen LogP contribution is 2.40. The van der Waals surface area contributed by atoms with Crippen LogP contribution in [0.15, 0.2) is 46.9 Å². The van der Waals surface area contributed by atoms with Crippen molar-refractivity contribution < 1.29 is 9.47 Å². The second-order valence-corrected chi connectivity index (χ2v) is 6.40. The minimum Gasteiger partial charge on any atom is -0.496 e. The highest BCUT2D eigenvalue weighted by molar-refractivity contribution is 9.10.